The maximum Gasteiger partial charge on any atom is 0.241 e. The number of benzene rings is 1. The number of fused-ring (bicyclic) bond motifs is 1. The highest BCUT2D eigenvalue weighted by Crippen LogP contribution is 2.35. The van der Waals surface area contributed by atoms with Gasteiger partial charge in [-0.3, -0.25) is 0 Å². The lowest BCUT2D eigenvalue weighted by Crippen LogP contribution is -2.41. The Labute approximate surface area is 139 Å². The Bertz CT molecular complexity index is 687. The molecule has 5 nitrogen and oxygen atoms in total. The summed E-state index contributed by atoms with van der Waals surface area (Å²) < 4.78 is 34.3. The fourth-order valence-corrected chi connectivity index (χ4v) is 5.15. The van der Waals surface area contributed by atoms with E-state index >= 15 is 0 Å². The average molecular weight is 338 g/mol. The largest absolute Gasteiger partial charge is 0.490 e. The van der Waals surface area contributed by atoms with E-state index in [1.807, 2.05) is 20.0 Å². The van der Waals surface area contributed by atoms with Crippen molar-refractivity contribution in [3.05, 3.63) is 17.7 Å². The normalized spacial score (nSPS) is 24.9. The topological polar surface area (TPSA) is 58.6 Å². The van der Waals surface area contributed by atoms with Gasteiger partial charge in [0.2, 0.25) is 10.0 Å². The first-order chi connectivity index (χ1) is 10.9. The molecule has 0 spiro atoms. The third-order valence-corrected chi connectivity index (χ3v) is 6.69. The highest BCUT2D eigenvalue weighted by molar-refractivity contribution is 7.89. The van der Waals surface area contributed by atoms with E-state index in [2.05, 4.69) is 16.5 Å². The molecule has 1 heterocycles. The van der Waals surface area contributed by atoms with E-state index in [4.69, 9.17) is 4.74 Å². The van der Waals surface area contributed by atoms with Gasteiger partial charge >= 0.3 is 0 Å². The van der Waals surface area contributed by atoms with Gasteiger partial charge in [-0.05, 0) is 37.3 Å². The first-order valence-corrected chi connectivity index (χ1v) is 9.88. The zero-order valence-electron chi connectivity index (χ0n) is 14.1. The third kappa shape index (κ3) is 3.33. The maximum absolute atomic E-state index is 12.9. The second-order valence-corrected chi connectivity index (χ2v) is 8.53. The van der Waals surface area contributed by atoms with Crippen LogP contribution in [0.15, 0.2) is 17.0 Å². The Kier molecular flexibility index (Phi) is 4.56. The number of hydrogen-bond donors (Lipinski definition) is 1. The molecule has 23 heavy (non-hydrogen) atoms. The minimum Gasteiger partial charge on any atom is -0.490 e. The monoisotopic (exact) mass is 338 g/mol. The number of likely N-dealkylation sites (N-methyl/N-ethyl adjacent to an activating group) is 1. The van der Waals surface area contributed by atoms with E-state index in [0.717, 1.165) is 37.1 Å². The fraction of sp³-hybridized carbons (Fsp3) is 0.647. The zero-order valence-corrected chi connectivity index (χ0v) is 14.9. The van der Waals surface area contributed by atoms with Crippen LogP contribution in [-0.2, 0) is 10.0 Å². The molecule has 2 aliphatic rings. The van der Waals surface area contributed by atoms with Gasteiger partial charge in [-0.15, -0.1) is 0 Å². The molecule has 1 fully saturated rings. The third-order valence-electron chi connectivity index (χ3n) is 5.06. The van der Waals surface area contributed by atoms with Gasteiger partial charge in [0, 0.05) is 19.2 Å². The first-order valence-electron chi connectivity index (χ1n) is 8.39. The number of rotatable bonds is 3. The number of sulfonamides is 1. The molecule has 1 saturated carbocycles. The van der Waals surface area contributed by atoms with Crippen LogP contribution in [0.4, 0.5) is 5.69 Å². The average Bonchev–Trinajstić information content (AvgIpc) is 2.50. The van der Waals surface area contributed by atoms with Crippen LogP contribution in [0.2, 0.25) is 0 Å². The number of anilines is 1. The van der Waals surface area contributed by atoms with Crippen molar-refractivity contribution in [1.29, 1.82) is 0 Å². The van der Waals surface area contributed by atoms with Crippen molar-refractivity contribution in [2.45, 2.75) is 50.5 Å². The number of nitrogens with one attached hydrogen (secondary N) is 1. The Balaban J connectivity index is 1.90. The standard InChI is InChI=1S/C17H26N2O3S/c1-12-6-4-5-7-14(12)18-23(20,21)17-11-16-15(10-13(17)2)19(3)8-9-22-16/h10-12,14,18H,4-9H2,1-3H3/t12-,14-/m0/s1. The van der Waals surface area contributed by atoms with Gasteiger partial charge in [0.15, 0.2) is 0 Å². The van der Waals surface area contributed by atoms with Crippen molar-refractivity contribution < 1.29 is 13.2 Å². The van der Waals surface area contributed by atoms with Gasteiger partial charge in [0.25, 0.3) is 0 Å². The molecule has 0 unspecified atom stereocenters. The lowest BCUT2D eigenvalue weighted by Gasteiger charge is -2.31. The lowest BCUT2D eigenvalue weighted by molar-refractivity contribution is 0.308. The molecule has 0 radical (unpaired) electrons. The van der Waals surface area contributed by atoms with E-state index in [9.17, 15) is 8.42 Å². The summed E-state index contributed by atoms with van der Waals surface area (Å²) in [6.07, 6.45) is 4.29. The van der Waals surface area contributed by atoms with E-state index < -0.39 is 10.0 Å². The highest BCUT2D eigenvalue weighted by Gasteiger charge is 2.29. The van der Waals surface area contributed by atoms with Crippen molar-refractivity contribution in [2.24, 2.45) is 5.92 Å². The molecule has 2 atom stereocenters. The predicted molar refractivity (Wildman–Crippen MR) is 91.7 cm³/mol. The Hall–Kier alpha value is -1.27. The molecule has 1 aliphatic carbocycles. The van der Waals surface area contributed by atoms with Crippen LogP contribution < -0.4 is 14.4 Å². The molecular formula is C17H26N2O3S. The summed E-state index contributed by atoms with van der Waals surface area (Å²) in [5.74, 6) is 1.04. The minimum absolute atomic E-state index is 0.0350. The maximum atomic E-state index is 12.9. The molecule has 3 rings (SSSR count). The minimum atomic E-state index is -3.52. The van der Waals surface area contributed by atoms with E-state index in [0.29, 0.717) is 23.2 Å². The molecule has 0 bridgehead atoms. The first kappa shape index (κ1) is 16.6. The van der Waals surface area contributed by atoms with Gasteiger partial charge < -0.3 is 9.64 Å². The molecule has 0 saturated heterocycles. The van der Waals surface area contributed by atoms with Gasteiger partial charge in [-0.1, -0.05) is 19.8 Å². The molecule has 0 amide bonds. The summed E-state index contributed by atoms with van der Waals surface area (Å²) >= 11 is 0. The Morgan fingerprint density at radius 2 is 2.00 bits per heavy atom. The number of nitrogens with zero attached hydrogens (tertiary/aromatic N) is 1. The van der Waals surface area contributed by atoms with E-state index in [1.54, 1.807) is 6.07 Å². The lowest BCUT2D eigenvalue weighted by atomic mass is 9.87. The van der Waals surface area contributed by atoms with Crippen LogP contribution in [0, 0.1) is 12.8 Å². The smallest absolute Gasteiger partial charge is 0.241 e. The second kappa shape index (κ2) is 6.32. The van der Waals surface area contributed by atoms with E-state index in [1.165, 1.54) is 6.42 Å². The van der Waals surface area contributed by atoms with Gasteiger partial charge in [-0.25, -0.2) is 13.1 Å². The van der Waals surface area contributed by atoms with Crippen LogP contribution in [0.5, 0.6) is 5.75 Å². The fourth-order valence-electron chi connectivity index (χ4n) is 3.52. The van der Waals surface area contributed by atoms with Crippen molar-refractivity contribution >= 4 is 15.7 Å². The molecule has 1 aromatic carbocycles. The number of hydrogen-bond acceptors (Lipinski definition) is 4. The van der Waals surface area contributed by atoms with Crippen molar-refractivity contribution in [3.63, 3.8) is 0 Å². The van der Waals surface area contributed by atoms with Crippen LogP contribution in [0.3, 0.4) is 0 Å². The van der Waals surface area contributed by atoms with Gasteiger partial charge in [0.1, 0.15) is 12.4 Å². The summed E-state index contributed by atoms with van der Waals surface area (Å²) in [7, 11) is -1.53. The van der Waals surface area contributed by atoms with Crippen molar-refractivity contribution in [2.75, 3.05) is 25.1 Å². The summed E-state index contributed by atoms with van der Waals surface area (Å²) in [5, 5.41) is 0. The summed E-state index contributed by atoms with van der Waals surface area (Å²) in [4.78, 5) is 2.43. The van der Waals surface area contributed by atoms with Crippen LogP contribution in [0.1, 0.15) is 38.2 Å². The molecule has 128 valence electrons. The zero-order chi connectivity index (χ0) is 16.6. The van der Waals surface area contributed by atoms with Crippen LogP contribution in [0.25, 0.3) is 0 Å². The second-order valence-electron chi connectivity index (χ2n) is 6.84. The molecule has 6 heteroatoms. The molecule has 0 aromatic heterocycles. The molecular weight excluding hydrogens is 312 g/mol. The molecule has 1 N–H and O–H groups in total. The van der Waals surface area contributed by atoms with Crippen LogP contribution >= 0.6 is 0 Å². The van der Waals surface area contributed by atoms with Crippen molar-refractivity contribution in [3.8, 4) is 5.75 Å². The summed E-state index contributed by atoms with van der Waals surface area (Å²) in [6, 6.07) is 3.62. The van der Waals surface area contributed by atoms with Crippen LogP contribution in [-0.4, -0.2) is 34.7 Å². The molecule has 1 aliphatic heterocycles. The quantitative estimate of drug-likeness (QED) is 0.920. The van der Waals surface area contributed by atoms with E-state index in [-0.39, 0.29) is 6.04 Å². The Morgan fingerprint density at radius 3 is 2.74 bits per heavy atom. The van der Waals surface area contributed by atoms with Crippen molar-refractivity contribution in [1.82, 2.24) is 4.72 Å². The molecule has 1 aromatic rings. The SMILES string of the molecule is Cc1cc2c(cc1S(=O)(=O)N[C@H]1CCCC[C@@H]1C)OCCN2C. The van der Waals surface area contributed by atoms with Gasteiger partial charge in [-0.2, -0.15) is 0 Å². The predicted octanol–water partition coefficient (Wildman–Crippen LogP) is 2.68. The number of aryl methyl sites for hydroxylation is 1. The summed E-state index contributed by atoms with van der Waals surface area (Å²) in [6.45, 7) is 5.38. The summed E-state index contributed by atoms with van der Waals surface area (Å²) in [5.41, 5.74) is 1.72. The number of ether oxygens (including phenoxy) is 1. The van der Waals surface area contributed by atoms with Gasteiger partial charge in [0.05, 0.1) is 17.1 Å². The Morgan fingerprint density at radius 1 is 1.26 bits per heavy atom. The highest BCUT2D eigenvalue weighted by atomic mass is 32.2.